The molecule has 312 valence electrons. The predicted octanol–water partition coefficient (Wildman–Crippen LogP) is 16.2. The van der Waals surface area contributed by atoms with Crippen LogP contribution < -0.4 is 4.90 Å². The maximum Gasteiger partial charge on any atom is 0.0734 e. The summed E-state index contributed by atoms with van der Waals surface area (Å²) in [5.74, 6) is 0. The summed E-state index contributed by atoms with van der Waals surface area (Å²) in [6.07, 6.45) is 0. The summed E-state index contributed by atoms with van der Waals surface area (Å²) >= 11 is 0. The van der Waals surface area contributed by atoms with Gasteiger partial charge in [-0.05, 0) is 114 Å². The minimum Gasteiger partial charge on any atom is -0.310 e. The lowest BCUT2D eigenvalue weighted by molar-refractivity contribution is 0.660. The Morgan fingerprint density at radius 1 is 0.273 bits per heavy atom. The molecular weight excluding hydrogens is 795 g/mol. The first kappa shape index (κ1) is 38.5. The van der Waals surface area contributed by atoms with Gasteiger partial charge in [0, 0.05) is 22.4 Å². The first-order valence-electron chi connectivity index (χ1n) is 23.3. The minimum atomic E-state index is -0.603. The number of hydrogen-bond acceptors (Lipinski definition) is 1. The van der Waals surface area contributed by atoms with Crippen LogP contribution in [0.5, 0.6) is 0 Å². The van der Waals surface area contributed by atoms with Gasteiger partial charge in [-0.25, -0.2) is 0 Å². The van der Waals surface area contributed by atoms with Gasteiger partial charge in [-0.3, -0.25) is 0 Å². The van der Waals surface area contributed by atoms with Gasteiger partial charge in [0.05, 0.1) is 16.5 Å². The molecule has 0 N–H and O–H groups in total. The van der Waals surface area contributed by atoms with Crippen molar-refractivity contribution in [3.05, 3.63) is 304 Å². The summed E-state index contributed by atoms with van der Waals surface area (Å²) in [7, 11) is 0. The zero-order chi connectivity index (χ0) is 44.0. The van der Waals surface area contributed by atoms with Gasteiger partial charge in [-0.15, -0.1) is 0 Å². The lowest BCUT2D eigenvalue weighted by atomic mass is 9.67. The maximum atomic E-state index is 2.58. The Kier molecular flexibility index (Phi) is 8.45. The smallest absolute Gasteiger partial charge is 0.0734 e. The lowest BCUT2D eigenvalue weighted by Crippen LogP contribution is -2.30. The van der Waals surface area contributed by atoms with Crippen LogP contribution in [0.1, 0.15) is 69.5 Å². The Bertz CT molecular complexity index is 3420. The fourth-order valence-corrected chi connectivity index (χ4v) is 12.5. The fraction of sp³-hybridized carbons (Fsp3) is 0.0769. The van der Waals surface area contributed by atoms with Crippen molar-refractivity contribution in [3.8, 4) is 33.4 Å². The summed E-state index contributed by atoms with van der Waals surface area (Å²) in [5.41, 5.74) is 22.8. The molecule has 0 spiro atoms. The first-order chi connectivity index (χ1) is 32.5. The SMILES string of the molecule is CC1(C)c2ccccc2-c2ccc(N(c3ccc4c(c3)-c3ccccc3C4(c3ccccc3)c3ccccc3)c3cccc4c3C(c3ccccc3)(c3ccccc3)c3ccccc3-4)cc21. The maximum absolute atomic E-state index is 2.58. The summed E-state index contributed by atoms with van der Waals surface area (Å²) in [5, 5.41) is 0. The molecule has 0 aliphatic heterocycles. The fourth-order valence-electron chi connectivity index (χ4n) is 12.5. The van der Waals surface area contributed by atoms with Crippen molar-refractivity contribution in [1.29, 1.82) is 0 Å². The van der Waals surface area contributed by atoms with Crippen LogP contribution in [-0.2, 0) is 16.2 Å². The molecule has 13 rings (SSSR count). The van der Waals surface area contributed by atoms with Gasteiger partial charge in [0.25, 0.3) is 0 Å². The van der Waals surface area contributed by atoms with E-state index in [2.05, 4.69) is 267 Å². The van der Waals surface area contributed by atoms with Crippen LogP contribution in [0.25, 0.3) is 33.4 Å². The summed E-state index contributed by atoms with van der Waals surface area (Å²) < 4.78 is 0. The van der Waals surface area contributed by atoms with E-state index in [-0.39, 0.29) is 5.41 Å². The number of benzene rings is 10. The van der Waals surface area contributed by atoms with Crippen LogP contribution in [0.4, 0.5) is 17.1 Å². The van der Waals surface area contributed by atoms with Crippen molar-refractivity contribution in [2.45, 2.75) is 30.1 Å². The van der Waals surface area contributed by atoms with Gasteiger partial charge in [0.1, 0.15) is 0 Å². The highest BCUT2D eigenvalue weighted by Gasteiger charge is 2.50. The molecule has 3 aliphatic carbocycles. The highest BCUT2D eigenvalue weighted by molar-refractivity contribution is 5.97. The molecule has 10 aromatic rings. The van der Waals surface area contributed by atoms with Crippen molar-refractivity contribution >= 4 is 17.1 Å². The summed E-state index contributed by atoms with van der Waals surface area (Å²) in [4.78, 5) is 2.58. The molecule has 0 saturated carbocycles. The molecule has 1 nitrogen and oxygen atoms in total. The van der Waals surface area contributed by atoms with E-state index in [9.17, 15) is 0 Å². The number of rotatable bonds is 7. The third kappa shape index (κ3) is 5.17. The van der Waals surface area contributed by atoms with Gasteiger partial charge < -0.3 is 4.90 Å². The van der Waals surface area contributed by atoms with Crippen molar-refractivity contribution in [3.63, 3.8) is 0 Å². The average molecular weight is 842 g/mol. The van der Waals surface area contributed by atoms with Crippen LogP contribution in [0, 0.1) is 0 Å². The molecule has 0 fully saturated rings. The second-order valence-corrected chi connectivity index (χ2v) is 18.7. The average Bonchev–Trinajstić information content (AvgIpc) is 3.95. The van der Waals surface area contributed by atoms with Crippen LogP contribution >= 0.6 is 0 Å². The molecule has 0 saturated heterocycles. The Morgan fingerprint density at radius 3 is 1.24 bits per heavy atom. The predicted molar refractivity (Wildman–Crippen MR) is 273 cm³/mol. The number of hydrogen-bond donors (Lipinski definition) is 0. The molecule has 0 bridgehead atoms. The van der Waals surface area contributed by atoms with E-state index in [1.54, 1.807) is 0 Å². The van der Waals surface area contributed by atoms with Crippen LogP contribution in [0.2, 0.25) is 0 Å². The minimum absolute atomic E-state index is 0.178. The van der Waals surface area contributed by atoms with Crippen molar-refractivity contribution in [1.82, 2.24) is 0 Å². The topological polar surface area (TPSA) is 3.24 Å². The first-order valence-corrected chi connectivity index (χ1v) is 23.3. The van der Waals surface area contributed by atoms with E-state index >= 15 is 0 Å². The largest absolute Gasteiger partial charge is 0.310 e. The van der Waals surface area contributed by atoms with E-state index in [0.29, 0.717) is 0 Å². The zero-order valence-corrected chi connectivity index (χ0v) is 37.1. The Hall–Kier alpha value is -8.00. The molecule has 66 heavy (non-hydrogen) atoms. The molecule has 0 amide bonds. The molecular formula is C65H47N. The third-order valence-electron chi connectivity index (χ3n) is 15.2. The molecule has 0 aromatic heterocycles. The van der Waals surface area contributed by atoms with Gasteiger partial charge >= 0.3 is 0 Å². The van der Waals surface area contributed by atoms with Crippen molar-refractivity contribution in [2.75, 3.05) is 4.90 Å². The number of anilines is 3. The van der Waals surface area contributed by atoms with Gasteiger partial charge in [0.2, 0.25) is 0 Å². The van der Waals surface area contributed by atoms with Crippen LogP contribution in [0.3, 0.4) is 0 Å². The monoisotopic (exact) mass is 841 g/mol. The highest BCUT2D eigenvalue weighted by Crippen LogP contribution is 2.62. The molecule has 0 unspecified atom stereocenters. The van der Waals surface area contributed by atoms with E-state index in [4.69, 9.17) is 0 Å². The molecule has 10 aromatic carbocycles. The molecule has 3 aliphatic rings. The normalized spacial score (nSPS) is 14.9. The van der Waals surface area contributed by atoms with E-state index in [1.165, 1.54) is 89.0 Å². The van der Waals surface area contributed by atoms with Crippen LogP contribution in [0.15, 0.2) is 249 Å². The van der Waals surface area contributed by atoms with E-state index < -0.39 is 10.8 Å². The van der Waals surface area contributed by atoms with Gasteiger partial charge in [-0.2, -0.15) is 0 Å². The summed E-state index contributed by atoms with van der Waals surface area (Å²) in [6, 6.07) is 93.3. The number of nitrogens with zero attached hydrogens (tertiary/aromatic N) is 1. The van der Waals surface area contributed by atoms with Crippen molar-refractivity contribution < 1.29 is 0 Å². The van der Waals surface area contributed by atoms with Gasteiger partial charge in [0.15, 0.2) is 0 Å². The zero-order valence-electron chi connectivity index (χ0n) is 37.1. The standard InChI is InChI=1S/C65H47N/c1-63(2)56-34-18-15-30-50(56)53-40-38-49(43-60(53)63)66(48-39-41-59-55(42-48)52-32-17-19-35-57(52)64(59,44-22-7-3-8-23-44)45-24-9-4-10-25-45)61-37-21-33-54-51-31-16-20-36-58(51)65(62(54)61,46-26-11-5-12-27-46)47-28-13-6-14-29-47/h3-43H,1-2H3. The Labute approximate surface area is 388 Å². The molecule has 0 heterocycles. The van der Waals surface area contributed by atoms with Crippen LogP contribution in [-0.4, -0.2) is 0 Å². The van der Waals surface area contributed by atoms with E-state index in [0.717, 1.165) is 17.1 Å². The number of fused-ring (bicyclic) bond motifs is 9. The molecule has 0 atom stereocenters. The quantitative estimate of drug-likeness (QED) is 0.155. The Morgan fingerprint density at radius 2 is 0.667 bits per heavy atom. The highest BCUT2D eigenvalue weighted by atomic mass is 15.1. The lowest BCUT2D eigenvalue weighted by Gasteiger charge is -2.38. The van der Waals surface area contributed by atoms with Crippen molar-refractivity contribution in [2.24, 2.45) is 0 Å². The summed E-state index contributed by atoms with van der Waals surface area (Å²) in [6.45, 7) is 4.77. The second kappa shape index (κ2) is 14.5. The second-order valence-electron chi connectivity index (χ2n) is 18.7. The van der Waals surface area contributed by atoms with E-state index in [1.807, 2.05) is 0 Å². The molecule has 0 radical (unpaired) electrons. The van der Waals surface area contributed by atoms with Gasteiger partial charge in [-0.1, -0.05) is 232 Å². The third-order valence-corrected chi connectivity index (χ3v) is 15.2. The Balaban J connectivity index is 1.13. The molecule has 1 heteroatoms.